The molecule has 0 spiro atoms. The van der Waals surface area contributed by atoms with E-state index in [9.17, 15) is 9.59 Å². The van der Waals surface area contributed by atoms with Crippen LogP contribution in [0, 0.1) is 0 Å². The zero-order valence-corrected chi connectivity index (χ0v) is 17.6. The second kappa shape index (κ2) is 8.14. The lowest BCUT2D eigenvalue weighted by atomic mass is 10.1. The van der Waals surface area contributed by atoms with E-state index in [2.05, 4.69) is 19.2 Å². The fraction of sp³-hybridized carbons (Fsp3) is 0.333. The minimum Gasteiger partial charge on any atom is -0.493 e. The monoisotopic (exact) mass is 399 g/mol. The Kier molecular flexibility index (Phi) is 5.84. The van der Waals surface area contributed by atoms with Gasteiger partial charge in [0.1, 0.15) is 5.75 Å². The number of nitrogens with one attached hydrogen (secondary N) is 1. The maximum Gasteiger partial charge on any atom is 0.328 e. The van der Waals surface area contributed by atoms with Gasteiger partial charge in [-0.1, -0.05) is 26.0 Å². The number of benzene rings is 2. The first-order chi connectivity index (χ1) is 13.3. The predicted molar refractivity (Wildman–Crippen MR) is 115 cm³/mol. The molecule has 1 aromatic heterocycles. The molecule has 0 aliphatic rings. The molecule has 0 aliphatic carbocycles. The molecule has 3 rings (SSSR count). The first-order valence-electron chi connectivity index (χ1n) is 9.22. The Balaban J connectivity index is 2.07. The van der Waals surface area contributed by atoms with Crippen molar-refractivity contribution in [2.24, 2.45) is 14.1 Å². The quantitative estimate of drug-likeness (QED) is 0.636. The van der Waals surface area contributed by atoms with E-state index < -0.39 is 0 Å². The summed E-state index contributed by atoms with van der Waals surface area (Å²) < 4.78 is 8.79. The number of carbonyl (C=O) groups is 1. The van der Waals surface area contributed by atoms with Gasteiger partial charge in [-0.05, 0) is 31.2 Å². The SMILES string of the molecule is CCOc1ccccc1C(=O)Nc1cc2c(cc1SC(C)C)n(C)c(=O)n2C. The van der Waals surface area contributed by atoms with Crippen LogP contribution in [-0.2, 0) is 14.1 Å². The smallest absolute Gasteiger partial charge is 0.328 e. The van der Waals surface area contributed by atoms with E-state index in [1.54, 1.807) is 47.1 Å². The highest BCUT2D eigenvalue weighted by molar-refractivity contribution is 8.00. The number of fused-ring (bicyclic) bond motifs is 1. The van der Waals surface area contributed by atoms with Crippen LogP contribution in [0.15, 0.2) is 46.1 Å². The van der Waals surface area contributed by atoms with Gasteiger partial charge in [0.2, 0.25) is 0 Å². The molecule has 0 aliphatic heterocycles. The second-order valence-electron chi connectivity index (χ2n) is 6.79. The lowest BCUT2D eigenvalue weighted by molar-refractivity contribution is 0.102. The van der Waals surface area contributed by atoms with Gasteiger partial charge in [-0.25, -0.2) is 4.79 Å². The lowest BCUT2D eigenvalue weighted by Gasteiger charge is -2.15. The summed E-state index contributed by atoms with van der Waals surface area (Å²) in [4.78, 5) is 26.2. The highest BCUT2D eigenvalue weighted by Crippen LogP contribution is 2.34. The molecular formula is C21H25N3O3S. The topological polar surface area (TPSA) is 65.3 Å². The summed E-state index contributed by atoms with van der Waals surface area (Å²) >= 11 is 1.64. The number of nitrogens with zero attached hydrogens (tertiary/aromatic N) is 2. The highest BCUT2D eigenvalue weighted by Gasteiger charge is 2.18. The van der Waals surface area contributed by atoms with E-state index >= 15 is 0 Å². The van der Waals surface area contributed by atoms with Crippen molar-refractivity contribution in [3.63, 3.8) is 0 Å². The maximum atomic E-state index is 13.0. The molecule has 2 aromatic carbocycles. The number of imidazole rings is 1. The van der Waals surface area contributed by atoms with Crippen LogP contribution >= 0.6 is 11.8 Å². The minimum atomic E-state index is -0.241. The summed E-state index contributed by atoms with van der Waals surface area (Å²) in [6.45, 7) is 6.55. The van der Waals surface area contributed by atoms with Crippen molar-refractivity contribution < 1.29 is 9.53 Å². The van der Waals surface area contributed by atoms with Gasteiger partial charge in [-0.3, -0.25) is 13.9 Å². The summed E-state index contributed by atoms with van der Waals surface area (Å²) in [5, 5.41) is 3.34. The molecule has 0 bridgehead atoms. The number of amides is 1. The van der Waals surface area contributed by atoms with E-state index in [4.69, 9.17) is 4.74 Å². The Morgan fingerprint density at radius 2 is 1.79 bits per heavy atom. The van der Waals surface area contributed by atoms with Crippen LogP contribution in [-0.4, -0.2) is 26.9 Å². The third kappa shape index (κ3) is 3.80. The van der Waals surface area contributed by atoms with Gasteiger partial charge in [0.05, 0.1) is 28.9 Å². The van der Waals surface area contributed by atoms with Gasteiger partial charge >= 0.3 is 5.69 Å². The highest BCUT2D eigenvalue weighted by atomic mass is 32.2. The van der Waals surface area contributed by atoms with Crippen molar-refractivity contribution in [2.45, 2.75) is 30.9 Å². The predicted octanol–water partition coefficient (Wildman–Crippen LogP) is 4.03. The summed E-state index contributed by atoms with van der Waals surface area (Å²) in [7, 11) is 3.49. The molecule has 1 N–H and O–H groups in total. The molecule has 0 saturated carbocycles. The van der Waals surface area contributed by atoms with Gasteiger partial charge in [0, 0.05) is 24.2 Å². The van der Waals surface area contributed by atoms with Crippen LogP contribution in [0.3, 0.4) is 0 Å². The third-order valence-electron chi connectivity index (χ3n) is 4.42. The molecule has 7 heteroatoms. The number of rotatable bonds is 6. The van der Waals surface area contributed by atoms with Crippen LogP contribution in [0.5, 0.6) is 5.75 Å². The number of ether oxygens (including phenoxy) is 1. The zero-order valence-electron chi connectivity index (χ0n) is 16.8. The average Bonchev–Trinajstić information content (AvgIpc) is 2.86. The van der Waals surface area contributed by atoms with Crippen molar-refractivity contribution in [3.8, 4) is 5.75 Å². The van der Waals surface area contributed by atoms with Crippen LogP contribution in [0.25, 0.3) is 11.0 Å². The van der Waals surface area contributed by atoms with Crippen LogP contribution in [0.4, 0.5) is 5.69 Å². The Bertz CT molecular complexity index is 1080. The maximum absolute atomic E-state index is 13.0. The van der Waals surface area contributed by atoms with Crippen molar-refractivity contribution in [3.05, 3.63) is 52.4 Å². The molecule has 0 atom stereocenters. The van der Waals surface area contributed by atoms with Crippen molar-refractivity contribution in [1.82, 2.24) is 9.13 Å². The van der Waals surface area contributed by atoms with Gasteiger partial charge in [0.25, 0.3) is 5.91 Å². The molecule has 0 saturated heterocycles. The number of aromatic nitrogens is 2. The number of thioether (sulfide) groups is 1. The van der Waals surface area contributed by atoms with E-state index in [1.807, 2.05) is 31.2 Å². The zero-order chi connectivity index (χ0) is 20.4. The Morgan fingerprint density at radius 3 is 2.43 bits per heavy atom. The first kappa shape index (κ1) is 20.1. The van der Waals surface area contributed by atoms with Gasteiger partial charge in [-0.2, -0.15) is 0 Å². The third-order valence-corrected chi connectivity index (χ3v) is 5.48. The molecule has 0 fully saturated rings. The number of anilines is 1. The molecule has 6 nitrogen and oxygen atoms in total. The Morgan fingerprint density at radius 1 is 1.14 bits per heavy atom. The van der Waals surface area contributed by atoms with Crippen molar-refractivity contribution >= 4 is 34.4 Å². The van der Waals surface area contributed by atoms with E-state index in [0.29, 0.717) is 28.9 Å². The summed E-state index contributed by atoms with van der Waals surface area (Å²) in [5.74, 6) is 0.309. The molecule has 1 amide bonds. The fourth-order valence-electron chi connectivity index (χ4n) is 3.10. The van der Waals surface area contributed by atoms with Crippen molar-refractivity contribution in [2.75, 3.05) is 11.9 Å². The number of hydrogen-bond donors (Lipinski definition) is 1. The summed E-state index contributed by atoms with van der Waals surface area (Å²) in [6, 6.07) is 11.0. The largest absolute Gasteiger partial charge is 0.493 e. The number of hydrogen-bond acceptors (Lipinski definition) is 4. The standard InChI is InChI=1S/C21H25N3O3S/c1-6-27-18-10-8-7-9-14(18)20(25)22-15-11-16-17(12-19(15)28-13(2)3)24(5)21(26)23(16)4/h7-13H,6H2,1-5H3,(H,22,25). The molecule has 148 valence electrons. The van der Waals surface area contributed by atoms with Crippen LogP contribution < -0.4 is 15.7 Å². The Hall–Kier alpha value is -2.67. The molecule has 3 aromatic rings. The minimum absolute atomic E-state index is 0.0966. The first-order valence-corrected chi connectivity index (χ1v) is 10.1. The molecule has 0 radical (unpaired) electrons. The van der Waals surface area contributed by atoms with Gasteiger partial charge < -0.3 is 10.1 Å². The number of para-hydroxylation sites is 1. The van der Waals surface area contributed by atoms with Gasteiger partial charge in [0.15, 0.2) is 0 Å². The van der Waals surface area contributed by atoms with Crippen LogP contribution in [0.1, 0.15) is 31.1 Å². The number of aryl methyl sites for hydroxylation is 2. The van der Waals surface area contributed by atoms with E-state index in [1.165, 1.54) is 0 Å². The normalized spacial score (nSPS) is 11.2. The van der Waals surface area contributed by atoms with Crippen molar-refractivity contribution in [1.29, 1.82) is 0 Å². The van der Waals surface area contributed by atoms with E-state index in [-0.39, 0.29) is 11.6 Å². The molecular weight excluding hydrogens is 374 g/mol. The Labute approximate surface area is 168 Å². The molecule has 0 unspecified atom stereocenters. The van der Waals surface area contributed by atoms with E-state index in [0.717, 1.165) is 15.9 Å². The van der Waals surface area contributed by atoms with Crippen LogP contribution in [0.2, 0.25) is 0 Å². The second-order valence-corrected chi connectivity index (χ2v) is 8.41. The molecule has 1 heterocycles. The summed E-state index contributed by atoms with van der Waals surface area (Å²) in [6.07, 6.45) is 0. The number of carbonyl (C=O) groups excluding carboxylic acids is 1. The lowest BCUT2D eigenvalue weighted by Crippen LogP contribution is -2.19. The summed E-state index contributed by atoms with van der Waals surface area (Å²) in [5.41, 5.74) is 2.67. The average molecular weight is 400 g/mol. The fourth-order valence-corrected chi connectivity index (χ4v) is 4.02. The molecule has 28 heavy (non-hydrogen) atoms. The van der Waals surface area contributed by atoms with Gasteiger partial charge in [-0.15, -0.1) is 11.8 Å².